The van der Waals surface area contributed by atoms with E-state index in [4.69, 9.17) is 0 Å². The van der Waals surface area contributed by atoms with Crippen molar-refractivity contribution in [3.05, 3.63) is 71.5 Å². The fourth-order valence-corrected chi connectivity index (χ4v) is 2.37. The van der Waals surface area contributed by atoms with Crippen LogP contribution in [0.3, 0.4) is 0 Å². The van der Waals surface area contributed by atoms with Gasteiger partial charge in [0.25, 0.3) is 5.91 Å². The number of amides is 1. The van der Waals surface area contributed by atoms with E-state index in [9.17, 15) is 18.0 Å². The lowest BCUT2D eigenvalue weighted by atomic mass is 10.1. The number of carbonyl (C=O) groups is 1. The molecule has 0 saturated carbocycles. The van der Waals surface area contributed by atoms with E-state index >= 15 is 0 Å². The zero-order valence-electron chi connectivity index (χ0n) is 13.6. The highest BCUT2D eigenvalue weighted by atomic mass is 19.4. The number of nitrogens with one attached hydrogen (secondary N) is 1. The topological polar surface area (TPSA) is 72.7 Å². The largest absolute Gasteiger partial charge is 0.416 e. The summed E-state index contributed by atoms with van der Waals surface area (Å²) in [5.74, 6) is -0.333. The second-order valence-electron chi connectivity index (χ2n) is 5.62. The smallest absolute Gasteiger partial charge is 0.346 e. The third-order valence-electron chi connectivity index (χ3n) is 3.83. The van der Waals surface area contributed by atoms with Crippen LogP contribution >= 0.6 is 0 Å². The summed E-state index contributed by atoms with van der Waals surface area (Å²) in [6.45, 7) is 1.70. The summed E-state index contributed by atoms with van der Waals surface area (Å²) >= 11 is 0. The number of tetrazole rings is 1. The van der Waals surface area contributed by atoms with E-state index in [0.29, 0.717) is 16.8 Å². The quantitative estimate of drug-likeness (QED) is 0.775. The molecule has 1 amide bonds. The number of halogens is 3. The summed E-state index contributed by atoms with van der Waals surface area (Å²) in [5.41, 5.74) is 0.970. The van der Waals surface area contributed by atoms with Crippen molar-refractivity contribution in [3.63, 3.8) is 0 Å². The lowest BCUT2D eigenvalue weighted by molar-refractivity contribution is -0.137. The van der Waals surface area contributed by atoms with Gasteiger partial charge in [0.05, 0.1) is 17.3 Å². The maximum atomic E-state index is 12.6. The predicted octanol–water partition coefficient (Wildman–Crippen LogP) is 3.17. The van der Waals surface area contributed by atoms with E-state index in [-0.39, 0.29) is 5.91 Å². The van der Waals surface area contributed by atoms with Crippen molar-refractivity contribution in [2.75, 3.05) is 0 Å². The Morgan fingerprint density at radius 1 is 1.08 bits per heavy atom. The number of benzene rings is 2. The van der Waals surface area contributed by atoms with Gasteiger partial charge in [-0.25, -0.2) is 4.68 Å². The monoisotopic (exact) mass is 361 g/mol. The summed E-state index contributed by atoms with van der Waals surface area (Å²) in [7, 11) is 0. The standard InChI is InChI=1S/C17H14F3N5O/c1-11(12-2-6-14(7-3-12)17(18,19)20)22-16(26)13-4-8-15(9-5-13)25-10-21-23-24-25/h2-11H,1H3,(H,22,26)/t11-/m1/s1. The minimum atomic E-state index is -4.38. The van der Waals surface area contributed by atoms with E-state index in [1.807, 2.05) is 0 Å². The van der Waals surface area contributed by atoms with Crippen LogP contribution in [0.25, 0.3) is 5.69 Å². The van der Waals surface area contributed by atoms with Gasteiger partial charge in [0.2, 0.25) is 0 Å². The molecule has 0 radical (unpaired) electrons. The molecular weight excluding hydrogens is 347 g/mol. The molecule has 0 unspecified atom stereocenters. The molecule has 0 fully saturated rings. The molecule has 1 aromatic heterocycles. The number of hydrogen-bond acceptors (Lipinski definition) is 4. The minimum absolute atomic E-state index is 0.333. The Morgan fingerprint density at radius 3 is 2.27 bits per heavy atom. The molecule has 3 rings (SSSR count). The summed E-state index contributed by atoms with van der Waals surface area (Å²) in [5, 5.41) is 13.6. The average molecular weight is 361 g/mol. The van der Waals surface area contributed by atoms with Crippen LogP contribution in [0.5, 0.6) is 0 Å². The molecule has 0 aliphatic rings. The number of nitrogens with zero attached hydrogens (tertiary/aromatic N) is 4. The Morgan fingerprint density at radius 2 is 1.73 bits per heavy atom. The molecular formula is C17H14F3N5O. The molecule has 0 saturated heterocycles. The molecule has 9 heteroatoms. The van der Waals surface area contributed by atoms with Gasteiger partial charge >= 0.3 is 6.18 Å². The van der Waals surface area contributed by atoms with E-state index in [1.54, 1.807) is 31.2 Å². The van der Waals surface area contributed by atoms with Crippen molar-refractivity contribution >= 4 is 5.91 Å². The van der Waals surface area contributed by atoms with Crippen molar-refractivity contribution in [2.24, 2.45) is 0 Å². The summed E-state index contributed by atoms with van der Waals surface area (Å²) in [6.07, 6.45) is -2.95. The molecule has 0 spiro atoms. The third kappa shape index (κ3) is 3.88. The first-order valence-corrected chi connectivity index (χ1v) is 7.66. The predicted molar refractivity (Wildman–Crippen MR) is 86.5 cm³/mol. The average Bonchev–Trinajstić information content (AvgIpc) is 3.16. The van der Waals surface area contributed by atoms with Gasteiger partial charge in [0.15, 0.2) is 0 Å². The van der Waals surface area contributed by atoms with Crippen molar-refractivity contribution in [3.8, 4) is 5.69 Å². The Hall–Kier alpha value is -3.23. The molecule has 0 aliphatic carbocycles. The van der Waals surface area contributed by atoms with Gasteiger partial charge in [-0.15, -0.1) is 5.10 Å². The van der Waals surface area contributed by atoms with Gasteiger partial charge < -0.3 is 5.32 Å². The summed E-state index contributed by atoms with van der Waals surface area (Å²) in [4.78, 5) is 12.3. The van der Waals surface area contributed by atoms with Crippen LogP contribution in [0.1, 0.15) is 34.5 Å². The van der Waals surface area contributed by atoms with Gasteiger partial charge in [-0.3, -0.25) is 4.79 Å². The van der Waals surface area contributed by atoms with Crippen LogP contribution in [0.2, 0.25) is 0 Å². The molecule has 3 aromatic rings. The molecule has 134 valence electrons. The summed E-state index contributed by atoms with van der Waals surface area (Å²) in [6, 6.07) is 10.9. The van der Waals surface area contributed by atoms with Crippen LogP contribution in [-0.2, 0) is 6.18 Å². The fraction of sp³-hybridized carbons (Fsp3) is 0.176. The Bertz CT molecular complexity index is 874. The number of alkyl halides is 3. The maximum absolute atomic E-state index is 12.6. The van der Waals surface area contributed by atoms with Crippen LogP contribution in [0.15, 0.2) is 54.9 Å². The highest BCUT2D eigenvalue weighted by molar-refractivity contribution is 5.94. The van der Waals surface area contributed by atoms with E-state index < -0.39 is 17.8 Å². The maximum Gasteiger partial charge on any atom is 0.416 e. The zero-order chi connectivity index (χ0) is 18.7. The lowest BCUT2D eigenvalue weighted by Crippen LogP contribution is -2.26. The van der Waals surface area contributed by atoms with E-state index in [1.165, 1.54) is 23.1 Å². The van der Waals surface area contributed by atoms with Gasteiger partial charge in [-0.05, 0) is 59.3 Å². The molecule has 0 bridgehead atoms. The van der Waals surface area contributed by atoms with Crippen molar-refractivity contribution in [1.82, 2.24) is 25.5 Å². The normalized spacial score (nSPS) is 12.6. The Labute approximate surface area is 146 Å². The fourth-order valence-electron chi connectivity index (χ4n) is 2.37. The van der Waals surface area contributed by atoms with E-state index in [2.05, 4.69) is 20.8 Å². The first kappa shape index (κ1) is 17.6. The lowest BCUT2D eigenvalue weighted by Gasteiger charge is -2.15. The van der Waals surface area contributed by atoms with Crippen LogP contribution in [0, 0.1) is 0 Å². The molecule has 0 aliphatic heterocycles. The number of hydrogen-bond donors (Lipinski definition) is 1. The van der Waals surface area contributed by atoms with E-state index in [0.717, 1.165) is 12.1 Å². The summed E-state index contributed by atoms with van der Waals surface area (Å²) < 4.78 is 39.3. The number of rotatable bonds is 4. The zero-order valence-corrected chi connectivity index (χ0v) is 13.6. The number of carbonyl (C=O) groups excluding carboxylic acids is 1. The SMILES string of the molecule is C[C@@H](NC(=O)c1ccc(-n2cnnn2)cc1)c1ccc(C(F)(F)F)cc1. The Kier molecular flexibility index (Phi) is 4.70. The van der Waals surface area contributed by atoms with Crippen LogP contribution < -0.4 is 5.32 Å². The van der Waals surface area contributed by atoms with Crippen LogP contribution in [0.4, 0.5) is 13.2 Å². The molecule has 26 heavy (non-hydrogen) atoms. The highest BCUT2D eigenvalue weighted by Gasteiger charge is 2.30. The number of aromatic nitrogens is 4. The molecule has 1 heterocycles. The molecule has 2 aromatic carbocycles. The van der Waals surface area contributed by atoms with Gasteiger partial charge in [-0.1, -0.05) is 12.1 Å². The molecule has 6 nitrogen and oxygen atoms in total. The van der Waals surface area contributed by atoms with Gasteiger partial charge in [-0.2, -0.15) is 13.2 Å². The molecule has 1 N–H and O–H groups in total. The third-order valence-corrected chi connectivity index (χ3v) is 3.83. The highest BCUT2D eigenvalue weighted by Crippen LogP contribution is 2.29. The Balaban J connectivity index is 1.67. The first-order chi connectivity index (χ1) is 12.3. The van der Waals surface area contributed by atoms with Crippen molar-refractivity contribution < 1.29 is 18.0 Å². The first-order valence-electron chi connectivity index (χ1n) is 7.66. The second kappa shape index (κ2) is 6.95. The van der Waals surface area contributed by atoms with Crippen molar-refractivity contribution in [1.29, 1.82) is 0 Å². The second-order valence-corrected chi connectivity index (χ2v) is 5.62. The van der Waals surface area contributed by atoms with Crippen molar-refractivity contribution in [2.45, 2.75) is 19.1 Å². The minimum Gasteiger partial charge on any atom is -0.346 e. The van der Waals surface area contributed by atoms with Gasteiger partial charge in [0.1, 0.15) is 6.33 Å². The van der Waals surface area contributed by atoms with Gasteiger partial charge in [0, 0.05) is 5.56 Å². The van der Waals surface area contributed by atoms with Crippen LogP contribution in [-0.4, -0.2) is 26.1 Å². The molecule has 1 atom stereocenters.